The van der Waals surface area contributed by atoms with Crippen LogP contribution in [0.25, 0.3) is 0 Å². The molecule has 0 bridgehead atoms. The Hall–Kier alpha value is -2.79. The smallest absolute Gasteiger partial charge is 0.318 e. The molecule has 1 aliphatic heterocycles. The Morgan fingerprint density at radius 1 is 1.06 bits per heavy atom. The van der Waals surface area contributed by atoms with Gasteiger partial charge in [-0.2, -0.15) is 17.5 Å². The maximum Gasteiger partial charge on any atom is 0.416 e. The van der Waals surface area contributed by atoms with Crippen LogP contribution in [0.2, 0.25) is 0 Å². The first-order valence-electron chi connectivity index (χ1n) is 9.73. The van der Waals surface area contributed by atoms with Crippen molar-refractivity contribution in [3.63, 3.8) is 0 Å². The molecular weight excluding hydrogens is 452 g/mol. The van der Waals surface area contributed by atoms with Crippen LogP contribution in [-0.2, 0) is 32.3 Å². The molecule has 0 aliphatic carbocycles. The lowest BCUT2D eigenvalue weighted by Crippen LogP contribution is -2.38. The number of rotatable bonds is 6. The number of nitrogens with zero attached hydrogens (tertiary/aromatic N) is 2. The molecule has 0 spiro atoms. The van der Waals surface area contributed by atoms with Crippen LogP contribution in [0.1, 0.15) is 30.4 Å². The summed E-state index contributed by atoms with van der Waals surface area (Å²) in [5.41, 5.74) is 0.213. The standard InChI is InChI=1S/C21H20F4N2O4S/c22-17-7-4-15(5-8-17)6-9-20(28)31-26-18-10-12-27(13-11-18)32(29,30)19-3-1-2-16(14-19)21(23,24)25/h1-5,7-8,14H,6,9-13H2. The number of piperidine rings is 1. The van der Waals surface area contributed by atoms with Crippen molar-refractivity contribution in [3.8, 4) is 0 Å². The zero-order chi connectivity index (χ0) is 23.4. The average Bonchev–Trinajstić information content (AvgIpc) is 2.77. The van der Waals surface area contributed by atoms with Gasteiger partial charge < -0.3 is 4.84 Å². The van der Waals surface area contributed by atoms with Crippen molar-refractivity contribution < 1.29 is 35.6 Å². The van der Waals surface area contributed by atoms with Crippen LogP contribution < -0.4 is 0 Å². The molecule has 0 unspecified atom stereocenters. The van der Waals surface area contributed by atoms with E-state index in [9.17, 15) is 30.8 Å². The molecule has 1 saturated heterocycles. The van der Waals surface area contributed by atoms with Gasteiger partial charge in [-0.1, -0.05) is 23.4 Å². The number of alkyl halides is 3. The van der Waals surface area contributed by atoms with Crippen molar-refractivity contribution in [3.05, 3.63) is 65.5 Å². The molecule has 0 aromatic heterocycles. The van der Waals surface area contributed by atoms with Crippen molar-refractivity contribution in [1.29, 1.82) is 0 Å². The third-order valence-corrected chi connectivity index (χ3v) is 6.80. The molecule has 2 aromatic rings. The highest BCUT2D eigenvalue weighted by Gasteiger charge is 2.33. The molecule has 2 aromatic carbocycles. The van der Waals surface area contributed by atoms with Gasteiger partial charge in [0, 0.05) is 25.9 Å². The number of sulfonamides is 1. The molecule has 1 aliphatic rings. The largest absolute Gasteiger partial charge is 0.416 e. The third kappa shape index (κ3) is 6.13. The lowest BCUT2D eigenvalue weighted by atomic mass is 10.1. The minimum Gasteiger partial charge on any atom is -0.318 e. The molecule has 3 rings (SSSR count). The molecule has 1 fully saturated rings. The molecule has 0 atom stereocenters. The van der Waals surface area contributed by atoms with Gasteiger partial charge in [-0.05, 0) is 42.3 Å². The second-order valence-electron chi connectivity index (χ2n) is 7.18. The Labute approximate surface area is 182 Å². The molecule has 1 heterocycles. The highest BCUT2D eigenvalue weighted by Crippen LogP contribution is 2.31. The van der Waals surface area contributed by atoms with Crippen LogP contribution in [-0.4, -0.2) is 37.5 Å². The van der Waals surface area contributed by atoms with E-state index in [-0.39, 0.29) is 38.2 Å². The van der Waals surface area contributed by atoms with Crippen LogP contribution in [0.15, 0.2) is 58.6 Å². The van der Waals surface area contributed by atoms with E-state index in [1.54, 1.807) is 12.1 Å². The van der Waals surface area contributed by atoms with Crippen molar-refractivity contribution >= 4 is 21.7 Å². The fourth-order valence-corrected chi connectivity index (χ4v) is 4.60. The lowest BCUT2D eigenvalue weighted by Gasteiger charge is -2.26. The van der Waals surface area contributed by atoms with Crippen LogP contribution in [0.5, 0.6) is 0 Å². The summed E-state index contributed by atoms with van der Waals surface area (Å²) in [7, 11) is -4.10. The molecule has 0 radical (unpaired) electrons. The maximum atomic E-state index is 12.9. The van der Waals surface area contributed by atoms with Crippen molar-refractivity contribution in [1.82, 2.24) is 4.31 Å². The summed E-state index contributed by atoms with van der Waals surface area (Å²) in [5.74, 6) is -0.954. The van der Waals surface area contributed by atoms with Crippen molar-refractivity contribution in [2.24, 2.45) is 5.16 Å². The fraction of sp³-hybridized carbons (Fsp3) is 0.333. The number of carbonyl (C=O) groups excluding carboxylic acids is 1. The summed E-state index contributed by atoms with van der Waals surface area (Å²) in [6.07, 6.45) is -3.88. The molecular formula is C21H20F4N2O4S. The van der Waals surface area contributed by atoms with Gasteiger partial charge in [-0.15, -0.1) is 0 Å². The monoisotopic (exact) mass is 472 g/mol. The van der Waals surface area contributed by atoms with E-state index in [0.717, 1.165) is 28.1 Å². The van der Waals surface area contributed by atoms with Crippen LogP contribution in [0.4, 0.5) is 17.6 Å². The third-order valence-electron chi connectivity index (χ3n) is 4.91. The van der Waals surface area contributed by atoms with Crippen LogP contribution in [0, 0.1) is 5.82 Å². The van der Waals surface area contributed by atoms with E-state index < -0.39 is 32.6 Å². The van der Waals surface area contributed by atoms with E-state index in [1.165, 1.54) is 12.1 Å². The molecule has 0 N–H and O–H groups in total. The van der Waals surface area contributed by atoms with Crippen LogP contribution in [0.3, 0.4) is 0 Å². The Kier molecular flexibility index (Phi) is 7.29. The van der Waals surface area contributed by atoms with Gasteiger partial charge in [0.05, 0.1) is 22.6 Å². The Morgan fingerprint density at radius 2 is 1.72 bits per heavy atom. The molecule has 11 heteroatoms. The summed E-state index contributed by atoms with van der Waals surface area (Å²) < 4.78 is 78.0. The van der Waals surface area contributed by atoms with Gasteiger partial charge in [-0.3, -0.25) is 0 Å². The van der Waals surface area contributed by atoms with Gasteiger partial charge in [0.1, 0.15) is 5.82 Å². The zero-order valence-electron chi connectivity index (χ0n) is 16.8. The Bertz CT molecular complexity index is 1090. The van der Waals surface area contributed by atoms with E-state index >= 15 is 0 Å². The normalized spacial score (nSPS) is 15.4. The van der Waals surface area contributed by atoms with Gasteiger partial charge in [0.25, 0.3) is 0 Å². The highest BCUT2D eigenvalue weighted by molar-refractivity contribution is 7.89. The minimum absolute atomic E-state index is 0.00451. The number of hydrogen-bond donors (Lipinski definition) is 0. The lowest BCUT2D eigenvalue weighted by molar-refractivity contribution is -0.143. The topological polar surface area (TPSA) is 76.0 Å². The first-order valence-corrected chi connectivity index (χ1v) is 11.2. The van der Waals surface area contributed by atoms with Gasteiger partial charge in [0.15, 0.2) is 0 Å². The molecule has 172 valence electrons. The number of oxime groups is 1. The number of hydrogen-bond acceptors (Lipinski definition) is 5. The van der Waals surface area contributed by atoms with Gasteiger partial charge >= 0.3 is 12.1 Å². The molecule has 0 saturated carbocycles. The predicted molar refractivity (Wildman–Crippen MR) is 108 cm³/mol. The van der Waals surface area contributed by atoms with Crippen molar-refractivity contribution in [2.45, 2.75) is 36.8 Å². The Morgan fingerprint density at radius 3 is 2.34 bits per heavy atom. The van der Waals surface area contributed by atoms with E-state index in [0.29, 0.717) is 18.2 Å². The van der Waals surface area contributed by atoms with E-state index in [2.05, 4.69) is 5.16 Å². The number of halogens is 4. The van der Waals surface area contributed by atoms with Crippen molar-refractivity contribution in [2.75, 3.05) is 13.1 Å². The summed E-state index contributed by atoms with van der Waals surface area (Å²) in [6.45, 7) is 0.00901. The maximum absolute atomic E-state index is 12.9. The number of carbonyl (C=O) groups is 1. The van der Waals surface area contributed by atoms with Crippen LogP contribution >= 0.6 is 0 Å². The minimum atomic E-state index is -4.65. The van der Waals surface area contributed by atoms with E-state index in [4.69, 9.17) is 4.84 Å². The number of benzene rings is 2. The van der Waals surface area contributed by atoms with Gasteiger partial charge in [-0.25, -0.2) is 17.6 Å². The predicted octanol–water partition coefficient (Wildman–Crippen LogP) is 4.16. The second-order valence-corrected chi connectivity index (χ2v) is 9.11. The summed E-state index contributed by atoms with van der Waals surface area (Å²) in [5, 5.41) is 3.78. The quantitative estimate of drug-likeness (QED) is 0.360. The highest BCUT2D eigenvalue weighted by atomic mass is 32.2. The summed E-state index contributed by atoms with van der Waals surface area (Å²) in [6, 6.07) is 9.32. The first kappa shape index (κ1) is 23.9. The van der Waals surface area contributed by atoms with Gasteiger partial charge in [0.2, 0.25) is 10.0 Å². The number of aryl methyl sites for hydroxylation is 1. The second kappa shape index (κ2) is 9.78. The fourth-order valence-electron chi connectivity index (χ4n) is 3.12. The Balaban J connectivity index is 1.53. The average molecular weight is 472 g/mol. The zero-order valence-corrected chi connectivity index (χ0v) is 17.6. The first-order chi connectivity index (χ1) is 15.1. The van der Waals surface area contributed by atoms with E-state index in [1.807, 2.05) is 0 Å². The molecule has 32 heavy (non-hydrogen) atoms. The summed E-state index contributed by atoms with van der Waals surface area (Å²) >= 11 is 0. The molecule has 0 amide bonds. The SMILES string of the molecule is O=C(CCc1ccc(F)cc1)ON=C1CCN(S(=O)(=O)c2cccc(C(F)(F)F)c2)CC1. The molecule has 6 nitrogen and oxygen atoms in total. The summed E-state index contributed by atoms with van der Waals surface area (Å²) in [4.78, 5) is 16.3.